The molecule has 1 saturated carbocycles. The van der Waals surface area contributed by atoms with Gasteiger partial charge >= 0.3 is 0 Å². The largest absolute Gasteiger partial charge is 0.317 e. The summed E-state index contributed by atoms with van der Waals surface area (Å²) in [4.78, 5) is 0. The van der Waals surface area contributed by atoms with E-state index >= 15 is 0 Å². The van der Waals surface area contributed by atoms with Crippen LogP contribution in [0.4, 0.5) is 0 Å². The molecule has 1 heterocycles. The van der Waals surface area contributed by atoms with Crippen molar-refractivity contribution < 1.29 is 0 Å². The average molecular weight is 272 g/mol. The third-order valence-electron chi connectivity index (χ3n) is 5.07. The second-order valence-corrected chi connectivity index (χ2v) is 6.66. The Bertz CT molecular complexity index is 391. The molecule has 1 aliphatic heterocycles. The molecule has 0 unspecified atom stereocenters. The van der Waals surface area contributed by atoms with Crippen LogP contribution in [0, 0.1) is 5.92 Å². The van der Waals surface area contributed by atoms with Gasteiger partial charge in [0.05, 0.1) is 0 Å². The summed E-state index contributed by atoms with van der Waals surface area (Å²) >= 11 is 0. The van der Waals surface area contributed by atoms with E-state index in [9.17, 15) is 0 Å². The van der Waals surface area contributed by atoms with Gasteiger partial charge in [0.25, 0.3) is 0 Å². The normalized spacial score (nSPS) is 21.8. The van der Waals surface area contributed by atoms with Crippen molar-refractivity contribution in [2.75, 3.05) is 26.2 Å². The molecule has 2 fully saturated rings. The Labute approximate surface area is 123 Å². The van der Waals surface area contributed by atoms with Crippen molar-refractivity contribution in [3.63, 3.8) is 0 Å². The number of benzene rings is 1. The SMILES string of the molecule is c1ccc(C2(CNCCCC3CC3)CCNCC2)cc1. The summed E-state index contributed by atoms with van der Waals surface area (Å²) in [7, 11) is 0. The molecule has 110 valence electrons. The number of nitrogens with one attached hydrogen (secondary N) is 2. The third kappa shape index (κ3) is 3.62. The maximum Gasteiger partial charge on any atom is 0.0102 e. The number of rotatable bonds is 7. The van der Waals surface area contributed by atoms with E-state index in [-0.39, 0.29) is 0 Å². The highest BCUT2D eigenvalue weighted by molar-refractivity contribution is 5.27. The van der Waals surface area contributed by atoms with Gasteiger partial charge in [0, 0.05) is 12.0 Å². The molecule has 1 aromatic carbocycles. The fraction of sp³-hybridized carbons (Fsp3) is 0.667. The van der Waals surface area contributed by atoms with Crippen LogP contribution in [0.15, 0.2) is 30.3 Å². The zero-order chi connectivity index (χ0) is 13.7. The summed E-state index contributed by atoms with van der Waals surface area (Å²) in [5, 5.41) is 7.26. The van der Waals surface area contributed by atoms with Gasteiger partial charge in [-0.1, -0.05) is 43.2 Å². The predicted octanol–water partition coefficient (Wildman–Crippen LogP) is 3.09. The summed E-state index contributed by atoms with van der Waals surface area (Å²) < 4.78 is 0. The van der Waals surface area contributed by atoms with Crippen molar-refractivity contribution in [1.29, 1.82) is 0 Å². The van der Waals surface area contributed by atoms with Gasteiger partial charge in [-0.3, -0.25) is 0 Å². The van der Waals surface area contributed by atoms with Gasteiger partial charge in [-0.05, 0) is 56.8 Å². The highest BCUT2D eigenvalue weighted by Crippen LogP contribution is 2.34. The van der Waals surface area contributed by atoms with Crippen LogP contribution >= 0.6 is 0 Å². The Hall–Kier alpha value is -0.860. The summed E-state index contributed by atoms with van der Waals surface area (Å²) in [5.74, 6) is 1.07. The van der Waals surface area contributed by atoms with Gasteiger partial charge in [0.1, 0.15) is 0 Å². The molecule has 0 radical (unpaired) electrons. The Kier molecular flexibility index (Phi) is 4.74. The minimum absolute atomic E-state index is 0.353. The van der Waals surface area contributed by atoms with E-state index in [1.165, 1.54) is 50.6 Å². The molecule has 2 heteroatoms. The molecule has 0 amide bonds. The second-order valence-electron chi connectivity index (χ2n) is 6.66. The standard InChI is InChI=1S/C18H28N2/c1-2-6-17(7-3-1)18(10-13-19-14-11-18)15-20-12-4-5-16-8-9-16/h1-3,6-7,16,19-20H,4-5,8-15H2. The molecule has 3 rings (SSSR count). The Balaban J connectivity index is 1.54. The van der Waals surface area contributed by atoms with Crippen molar-refractivity contribution in [2.45, 2.75) is 43.9 Å². The van der Waals surface area contributed by atoms with E-state index in [0.29, 0.717) is 5.41 Å². The van der Waals surface area contributed by atoms with Crippen LogP contribution in [0.3, 0.4) is 0 Å². The molecule has 2 nitrogen and oxygen atoms in total. The molecule has 2 N–H and O–H groups in total. The van der Waals surface area contributed by atoms with E-state index in [4.69, 9.17) is 0 Å². The summed E-state index contributed by atoms with van der Waals surface area (Å²) in [6, 6.07) is 11.1. The molecule has 1 saturated heterocycles. The highest BCUT2D eigenvalue weighted by atomic mass is 14.9. The maximum atomic E-state index is 3.75. The molecule has 0 atom stereocenters. The van der Waals surface area contributed by atoms with Gasteiger partial charge in [-0.2, -0.15) is 0 Å². The molecule has 1 aromatic rings. The topological polar surface area (TPSA) is 24.1 Å². The van der Waals surface area contributed by atoms with Gasteiger partial charge < -0.3 is 10.6 Å². The minimum Gasteiger partial charge on any atom is -0.317 e. The maximum absolute atomic E-state index is 3.75. The first-order chi connectivity index (χ1) is 9.89. The van der Waals surface area contributed by atoms with Crippen LogP contribution in [-0.2, 0) is 5.41 Å². The van der Waals surface area contributed by atoms with Crippen LogP contribution in [-0.4, -0.2) is 26.2 Å². The Morgan fingerprint density at radius 2 is 1.85 bits per heavy atom. The second kappa shape index (κ2) is 6.73. The van der Waals surface area contributed by atoms with Crippen molar-refractivity contribution in [1.82, 2.24) is 10.6 Å². The predicted molar refractivity (Wildman–Crippen MR) is 85.1 cm³/mol. The molecular formula is C18H28N2. The van der Waals surface area contributed by atoms with Gasteiger partial charge in [-0.25, -0.2) is 0 Å². The molecule has 0 bridgehead atoms. The summed E-state index contributed by atoms with van der Waals surface area (Å²) in [5.41, 5.74) is 1.88. The van der Waals surface area contributed by atoms with Crippen molar-refractivity contribution >= 4 is 0 Å². The van der Waals surface area contributed by atoms with Crippen LogP contribution < -0.4 is 10.6 Å². The van der Waals surface area contributed by atoms with Crippen molar-refractivity contribution in [3.05, 3.63) is 35.9 Å². The summed E-state index contributed by atoms with van der Waals surface area (Å²) in [6.07, 6.45) is 8.28. The molecule has 2 aliphatic rings. The monoisotopic (exact) mass is 272 g/mol. The van der Waals surface area contributed by atoms with Crippen LogP contribution in [0.25, 0.3) is 0 Å². The number of hydrogen-bond acceptors (Lipinski definition) is 2. The lowest BCUT2D eigenvalue weighted by atomic mass is 9.73. The third-order valence-corrected chi connectivity index (χ3v) is 5.07. The van der Waals surface area contributed by atoms with Crippen molar-refractivity contribution in [2.24, 2.45) is 5.92 Å². The molecule has 1 aliphatic carbocycles. The molecule has 0 aromatic heterocycles. The Morgan fingerprint density at radius 1 is 1.10 bits per heavy atom. The summed E-state index contributed by atoms with van der Waals surface area (Å²) in [6.45, 7) is 4.64. The Morgan fingerprint density at radius 3 is 2.55 bits per heavy atom. The zero-order valence-corrected chi connectivity index (χ0v) is 12.5. The van der Waals surface area contributed by atoms with Gasteiger partial charge in [0.2, 0.25) is 0 Å². The van der Waals surface area contributed by atoms with E-state index in [1.54, 1.807) is 0 Å². The lowest BCUT2D eigenvalue weighted by Gasteiger charge is -2.38. The van der Waals surface area contributed by atoms with E-state index in [1.807, 2.05) is 0 Å². The molecule has 20 heavy (non-hydrogen) atoms. The minimum atomic E-state index is 0.353. The lowest BCUT2D eigenvalue weighted by Crippen LogP contribution is -2.46. The smallest absolute Gasteiger partial charge is 0.0102 e. The number of piperidine rings is 1. The van der Waals surface area contributed by atoms with E-state index < -0.39 is 0 Å². The first-order valence-corrected chi connectivity index (χ1v) is 8.36. The van der Waals surface area contributed by atoms with Crippen molar-refractivity contribution in [3.8, 4) is 0 Å². The van der Waals surface area contributed by atoms with Gasteiger partial charge in [0.15, 0.2) is 0 Å². The fourth-order valence-electron chi connectivity index (χ4n) is 3.51. The average Bonchev–Trinajstić information content (AvgIpc) is 3.33. The van der Waals surface area contributed by atoms with E-state index in [2.05, 4.69) is 41.0 Å². The first-order valence-electron chi connectivity index (χ1n) is 8.36. The lowest BCUT2D eigenvalue weighted by molar-refractivity contribution is 0.293. The molecular weight excluding hydrogens is 244 g/mol. The van der Waals surface area contributed by atoms with Gasteiger partial charge in [-0.15, -0.1) is 0 Å². The number of hydrogen-bond donors (Lipinski definition) is 2. The molecule has 0 spiro atoms. The van der Waals surface area contributed by atoms with Crippen LogP contribution in [0.1, 0.15) is 44.1 Å². The first kappa shape index (κ1) is 14.1. The quantitative estimate of drug-likeness (QED) is 0.745. The zero-order valence-electron chi connectivity index (χ0n) is 12.5. The van der Waals surface area contributed by atoms with Crippen LogP contribution in [0.2, 0.25) is 0 Å². The fourth-order valence-corrected chi connectivity index (χ4v) is 3.51. The highest BCUT2D eigenvalue weighted by Gasteiger charge is 2.33. The van der Waals surface area contributed by atoms with Crippen LogP contribution in [0.5, 0.6) is 0 Å². The van der Waals surface area contributed by atoms with E-state index in [0.717, 1.165) is 25.6 Å².